The second kappa shape index (κ2) is 5.92. The Bertz CT molecular complexity index is 591. The maximum atomic E-state index is 4.60. The van der Waals surface area contributed by atoms with Crippen LogP contribution < -0.4 is 5.32 Å². The quantitative estimate of drug-likeness (QED) is 0.798. The van der Waals surface area contributed by atoms with Crippen molar-refractivity contribution in [3.05, 3.63) is 46.3 Å². The van der Waals surface area contributed by atoms with Crippen molar-refractivity contribution in [1.82, 2.24) is 9.97 Å². The summed E-state index contributed by atoms with van der Waals surface area (Å²) >= 11 is 3.46. The lowest BCUT2D eigenvalue weighted by Crippen LogP contribution is -1.99. The summed E-state index contributed by atoms with van der Waals surface area (Å²) in [5, 5.41) is 3.36. The van der Waals surface area contributed by atoms with E-state index in [-0.39, 0.29) is 0 Å². The summed E-state index contributed by atoms with van der Waals surface area (Å²) in [5.41, 5.74) is 2.44. The molecule has 3 rings (SSSR count). The first-order chi connectivity index (χ1) is 9.74. The van der Waals surface area contributed by atoms with E-state index in [0.29, 0.717) is 5.92 Å². The minimum atomic E-state index is 0.556. The molecule has 0 spiro atoms. The molecular weight excluding hydrogens is 314 g/mol. The second-order valence-corrected chi connectivity index (χ2v) is 6.09. The fraction of sp³-hybridized carbons (Fsp3) is 0.375. The van der Waals surface area contributed by atoms with Crippen molar-refractivity contribution in [2.24, 2.45) is 0 Å². The van der Waals surface area contributed by atoms with Gasteiger partial charge in [0.1, 0.15) is 16.2 Å². The van der Waals surface area contributed by atoms with Gasteiger partial charge in [0.15, 0.2) is 0 Å². The molecule has 1 aromatic carbocycles. The van der Waals surface area contributed by atoms with Gasteiger partial charge in [-0.3, -0.25) is 0 Å². The third-order valence-corrected chi connectivity index (χ3v) is 3.83. The number of nitrogens with zero attached hydrogens (tertiary/aromatic N) is 2. The standard InChI is InChI=1S/C16H18BrN3/c1-2-3-11-4-8-13(9-5-11)18-15-10-14(17)19-16(20-15)12-6-7-12/h4-5,8-10,12H,2-3,6-7H2,1H3,(H,18,19,20). The van der Waals surface area contributed by atoms with Crippen LogP contribution in [0.15, 0.2) is 34.9 Å². The lowest BCUT2D eigenvalue weighted by molar-refractivity contribution is 0.918. The molecule has 3 nitrogen and oxygen atoms in total. The SMILES string of the molecule is CCCc1ccc(Nc2cc(Br)nc(C3CC3)n2)cc1. The van der Waals surface area contributed by atoms with Gasteiger partial charge in [0.2, 0.25) is 0 Å². The van der Waals surface area contributed by atoms with Crippen LogP contribution in [0.2, 0.25) is 0 Å². The highest BCUT2D eigenvalue weighted by Gasteiger charge is 2.27. The number of aryl methyl sites for hydroxylation is 1. The number of aromatic nitrogens is 2. The second-order valence-electron chi connectivity index (χ2n) is 5.28. The molecule has 20 heavy (non-hydrogen) atoms. The summed E-state index contributed by atoms with van der Waals surface area (Å²) in [6, 6.07) is 10.5. The molecular formula is C16H18BrN3. The van der Waals surface area contributed by atoms with E-state index in [1.165, 1.54) is 24.8 Å². The average molecular weight is 332 g/mol. The van der Waals surface area contributed by atoms with Gasteiger partial charge >= 0.3 is 0 Å². The van der Waals surface area contributed by atoms with Crippen molar-refractivity contribution >= 4 is 27.4 Å². The number of benzene rings is 1. The Morgan fingerprint density at radius 2 is 1.95 bits per heavy atom. The highest BCUT2D eigenvalue weighted by atomic mass is 79.9. The number of anilines is 2. The molecule has 1 aromatic heterocycles. The van der Waals surface area contributed by atoms with Gasteiger partial charge in [0.25, 0.3) is 0 Å². The smallest absolute Gasteiger partial charge is 0.135 e. The highest BCUT2D eigenvalue weighted by Crippen LogP contribution is 2.39. The first-order valence-corrected chi connectivity index (χ1v) is 7.94. The Morgan fingerprint density at radius 3 is 2.60 bits per heavy atom. The van der Waals surface area contributed by atoms with Crippen LogP contribution in [0.1, 0.15) is 43.5 Å². The molecule has 1 fully saturated rings. The van der Waals surface area contributed by atoms with Gasteiger partial charge in [-0.25, -0.2) is 9.97 Å². The van der Waals surface area contributed by atoms with Gasteiger partial charge in [-0.15, -0.1) is 0 Å². The highest BCUT2D eigenvalue weighted by molar-refractivity contribution is 9.10. The van der Waals surface area contributed by atoms with Gasteiger partial charge in [0, 0.05) is 17.7 Å². The van der Waals surface area contributed by atoms with Crippen LogP contribution >= 0.6 is 15.9 Å². The maximum absolute atomic E-state index is 4.60. The predicted octanol–water partition coefficient (Wildman–Crippen LogP) is 4.81. The summed E-state index contributed by atoms with van der Waals surface area (Å²) in [7, 11) is 0. The molecule has 0 saturated heterocycles. The number of nitrogens with one attached hydrogen (secondary N) is 1. The fourth-order valence-electron chi connectivity index (χ4n) is 2.21. The molecule has 1 aliphatic rings. The number of rotatable bonds is 5. The fourth-order valence-corrected chi connectivity index (χ4v) is 2.61. The predicted molar refractivity (Wildman–Crippen MR) is 85.4 cm³/mol. The van der Waals surface area contributed by atoms with E-state index in [1.54, 1.807) is 0 Å². The van der Waals surface area contributed by atoms with E-state index in [4.69, 9.17) is 0 Å². The van der Waals surface area contributed by atoms with Crippen molar-refractivity contribution in [3.8, 4) is 0 Å². The third kappa shape index (κ3) is 3.37. The molecule has 2 aromatic rings. The van der Waals surface area contributed by atoms with Gasteiger partial charge in [-0.1, -0.05) is 25.5 Å². The molecule has 0 unspecified atom stereocenters. The van der Waals surface area contributed by atoms with Gasteiger partial charge in [-0.2, -0.15) is 0 Å². The van der Waals surface area contributed by atoms with Crippen LogP contribution in [0, 0.1) is 0 Å². The maximum Gasteiger partial charge on any atom is 0.135 e. The van der Waals surface area contributed by atoms with Gasteiger partial charge in [0.05, 0.1) is 0 Å². The molecule has 104 valence electrons. The monoisotopic (exact) mass is 331 g/mol. The molecule has 1 heterocycles. The molecule has 0 aliphatic heterocycles. The van der Waals surface area contributed by atoms with Crippen LogP contribution in [0.25, 0.3) is 0 Å². The summed E-state index contributed by atoms with van der Waals surface area (Å²) in [4.78, 5) is 9.04. The Hall–Kier alpha value is -1.42. The third-order valence-electron chi connectivity index (χ3n) is 3.42. The topological polar surface area (TPSA) is 37.8 Å². The van der Waals surface area contributed by atoms with E-state index in [2.05, 4.69) is 62.4 Å². The summed E-state index contributed by atoms with van der Waals surface area (Å²) < 4.78 is 0.847. The zero-order valence-electron chi connectivity index (χ0n) is 11.6. The normalized spacial score (nSPS) is 14.3. The van der Waals surface area contributed by atoms with Crippen LogP contribution in [-0.4, -0.2) is 9.97 Å². The first kappa shape index (κ1) is 13.6. The van der Waals surface area contributed by atoms with Crippen LogP contribution in [-0.2, 0) is 6.42 Å². The van der Waals surface area contributed by atoms with E-state index >= 15 is 0 Å². The van der Waals surface area contributed by atoms with Crippen LogP contribution in [0.5, 0.6) is 0 Å². The summed E-state index contributed by atoms with van der Waals surface area (Å²) in [5.74, 6) is 2.36. The Kier molecular flexibility index (Phi) is 4.01. The molecule has 0 atom stereocenters. The van der Waals surface area contributed by atoms with Gasteiger partial charge < -0.3 is 5.32 Å². The van der Waals surface area contributed by atoms with E-state index in [0.717, 1.165) is 28.4 Å². The zero-order chi connectivity index (χ0) is 13.9. The van der Waals surface area contributed by atoms with Crippen molar-refractivity contribution in [3.63, 3.8) is 0 Å². The Labute approximate surface area is 128 Å². The number of hydrogen-bond acceptors (Lipinski definition) is 3. The van der Waals surface area contributed by atoms with Gasteiger partial charge in [-0.05, 0) is 52.9 Å². The van der Waals surface area contributed by atoms with Crippen LogP contribution in [0.3, 0.4) is 0 Å². The first-order valence-electron chi connectivity index (χ1n) is 7.15. The molecule has 0 amide bonds. The van der Waals surface area contributed by atoms with Crippen molar-refractivity contribution in [1.29, 1.82) is 0 Å². The van der Waals surface area contributed by atoms with E-state index < -0.39 is 0 Å². The molecule has 1 saturated carbocycles. The zero-order valence-corrected chi connectivity index (χ0v) is 13.2. The number of halogens is 1. The van der Waals surface area contributed by atoms with Crippen molar-refractivity contribution < 1.29 is 0 Å². The summed E-state index contributed by atoms with van der Waals surface area (Å²) in [6.07, 6.45) is 4.73. The minimum absolute atomic E-state index is 0.556. The molecule has 0 radical (unpaired) electrons. The molecule has 1 N–H and O–H groups in total. The molecule has 4 heteroatoms. The largest absolute Gasteiger partial charge is 0.340 e. The van der Waals surface area contributed by atoms with Crippen LogP contribution in [0.4, 0.5) is 11.5 Å². The van der Waals surface area contributed by atoms with E-state index in [9.17, 15) is 0 Å². The average Bonchev–Trinajstić information content (AvgIpc) is 3.25. The van der Waals surface area contributed by atoms with Crippen molar-refractivity contribution in [2.45, 2.75) is 38.5 Å². The lowest BCUT2D eigenvalue weighted by Gasteiger charge is -2.08. The van der Waals surface area contributed by atoms with E-state index in [1.807, 2.05) is 6.07 Å². The Morgan fingerprint density at radius 1 is 1.20 bits per heavy atom. The lowest BCUT2D eigenvalue weighted by atomic mass is 10.1. The Balaban J connectivity index is 1.76. The minimum Gasteiger partial charge on any atom is -0.340 e. The van der Waals surface area contributed by atoms with Crippen molar-refractivity contribution in [2.75, 3.05) is 5.32 Å². The molecule has 1 aliphatic carbocycles. The summed E-state index contributed by atoms with van der Waals surface area (Å²) in [6.45, 7) is 2.20. The molecule has 0 bridgehead atoms. The number of hydrogen-bond donors (Lipinski definition) is 1.